The summed E-state index contributed by atoms with van der Waals surface area (Å²) in [5, 5.41) is 5.80. The Hall–Kier alpha value is -3.06. The SMILES string of the molecule is CC(NC(=O)CCNC(=O)N(C)Cc1ccccc1)c1ccc(N2CCOCC2)cc1. The number of amides is 3. The quantitative estimate of drug-likeness (QED) is 0.683. The highest BCUT2D eigenvalue weighted by atomic mass is 16.5. The smallest absolute Gasteiger partial charge is 0.317 e. The number of nitrogens with one attached hydrogen (secondary N) is 2. The summed E-state index contributed by atoms with van der Waals surface area (Å²) in [7, 11) is 1.74. The average Bonchev–Trinajstić information content (AvgIpc) is 2.80. The van der Waals surface area contributed by atoms with E-state index in [1.165, 1.54) is 5.69 Å². The lowest BCUT2D eigenvalue weighted by Crippen LogP contribution is -2.39. The van der Waals surface area contributed by atoms with Gasteiger partial charge in [0, 0.05) is 45.3 Å². The van der Waals surface area contributed by atoms with E-state index < -0.39 is 0 Å². The van der Waals surface area contributed by atoms with Crippen molar-refractivity contribution in [3.8, 4) is 0 Å². The predicted molar refractivity (Wildman–Crippen MR) is 122 cm³/mol. The van der Waals surface area contributed by atoms with Crippen LogP contribution in [-0.4, -0.2) is 56.7 Å². The largest absolute Gasteiger partial charge is 0.378 e. The lowest BCUT2D eigenvalue weighted by atomic mass is 10.1. The highest BCUT2D eigenvalue weighted by molar-refractivity contribution is 5.78. The van der Waals surface area contributed by atoms with Crippen molar-refractivity contribution in [1.29, 1.82) is 0 Å². The van der Waals surface area contributed by atoms with Gasteiger partial charge in [0.25, 0.3) is 0 Å². The number of hydrogen-bond donors (Lipinski definition) is 2. The molecule has 1 heterocycles. The molecule has 1 saturated heterocycles. The van der Waals surface area contributed by atoms with Gasteiger partial charge in [-0.3, -0.25) is 4.79 Å². The van der Waals surface area contributed by atoms with E-state index in [2.05, 4.69) is 39.8 Å². The molecule has 3 rings (SSSR count). The molecule has 0 radical (unpaired) electrons. The fourth-order valence-electron chi connectivity index (χ4n) is 3.54. The van der Waals surface area contributed by atoms with E-state index >= 15 is 0 Å². The first-order chi connectivity index (χ1) is 15.0. The third kappa shape index (κ3) is 7.00. The molecule has 7 nitrogen and oxygen atoms in total. The summed E-state index contributed by atoms with van der Waals surface area (Å²) in [5.41, 5.74) is 3.29. The zero-order valence-corrected chi connectivity index (χ0v) is 18.3. The Morgan fingerprint density at radius 1 is 1.06 bits per heavy atom. The summed E-state index contributed by atoms with van der Waals surface area (Å²) >= 11 is 0. The molecule has 1 fully saturated rings. The Balaban J connectivity index is 1.38. The molecule has 1 aliphatic heterocycles. The van der Waals surface area contributed by atoms with Crippen LogP contribution >= 0.6 is 0 Å². The third-order valence-electron chi connectivity index (χ3n) is 5.38. The number of rotatable bonds is 8. The lowest BCUT2D eigenvalue weighted by molar-refractivity contribution is -0.121. The summed E-state index contributed by atoms with van der Waals surface area (Å²) in [5.74, 6) is -0.0873. The van der Waals surface area contributed by atoms with E-state index in [1.54, 1.807) is 11.9 Å². The predicted octanol–water partition coefficient (Wildman–Crippen LogP) is 2.93. The van der Waals surface area contributed by atoms with Crippen LogP contribution in [0.1, 0.15) is 30.5 Å². The topological polar surface area (TPSA) is 73.9 Å². The van der Waals surface area contributed by atoms with Gasteiger partial charge >= 0.3 is 6.03 Å². The summed E-state index contributed by atoms with van der Waals surface area (Å²) in [4.78, 5) is 28.4. The van der Waals surface area contributed by atoms with Crippen molar-refractivity contribution in [3.63, 3.8) is 0 Å². The maximum atomic E-state index is 12.3. The molecule has 7 heteroatoms. The molecular weight excluding hydrogens is 392 g/mol. The molecule has 0 aromatic heterocycles. The number of carbonyl (C=O) groups is 2. The van der Waals surface area contributed by atoms with Crippen molar-refractivity contribution in [1.82, 2.24) is 15.5 Å². The molecule has 1 unspecified atom stereocenters. The normalized spacial score (nSPS) is 14.6. The van der Waals surface area contributed by atoms with Gasteiger partial charge in [-0.25, -0.2) is 4.79 Å². The van der Waals surface area contributed by atoms with Gasteiger partial charge < -0.3 is 25.2 Å². The van der Waals surface area contributed by atoms with Crippen LogP contribution in [0.15, 0.2) is 54.6 Å². The van der Waals surface area contributed by atoms with Gasteiger partial charge in [-0.15, -0.1) is 0 Å². The second-order valence-corrected chi connectivity index (χ2v) is 7.80. The summed E-state index contributed by atoms with van der Waals surface area (Å²) in [6.07, 6.45) is 0.237. The first-order valence-corrected chi connectivity index (χ1v) is 10.8. The van der Waals surface area contributed by atoms with Crippen LogP contribution in [0.2, 0.25) is 0 Å². The number of carbonyl (C=O) groups excluding carboxylic acids is 2. The van der Waals surface area contributed by atoms with Crippen LogP contribution < -0.4 is 15.5 Å². The molecule has 0 bridgehead atoms. The molecule has 2 aromatic rings. The minimum atomic E-state index is -0.191. The Kier molecular flexibility index (Phi) is 8.29. The molecule has 0 aliphatic carbocycles. The Bertz CT molecular complexity index is 836. The summed E-state index contributed by atoms with van der Waals surface area (Å²) < 4.78 is 5.40. The second kappa shape index (κ2) is 11.4. The average molecular weight is 425 g/mol. The number of morpholine rings is 1. The minimum Gasteiger partial charge on any atom is -0.378 e. The van der Waals surface area contributed by atoms with E-state index in [0.717, 1.165) is 37.4 Å². The maximum absolute atomic E-state index is 12.3. The van der Waals surface area contributed by atoms with Crippen LogP contribution in [0.4, 0.5) is 10.5 Å². The zero-order valence-electron chi connectivity index (χ0n) is 18.3. The number of ether oxygens (including phenoxy) is 1. The minimum absolute atomic E-state index is 0.0873. The van der Waals surface area contributed by atoms with Crippen LogP contribution in [0, 0.1) is 0 Å². The number of benzene rings is 2. The number of anilines is 1. The molecule has 0 spiro atoms. The van der Waals surface area contributed by atoms with Crippen molar-refractivity contribution in [3.05, 3.63) is 65.7 Å². The molecule has 2 aromatic carbocycles. The van der Waals surface area contributed by atoms with E-state index in [4.69, 9.17) is 4.74 Å². The van der Waals surface area contributed by atoms with Crippen LogP contribution in [0.3, 0.4) is 0 Å². The van der Waals surface area contributed by atoms with Crippen molar-refractivity contribution in [2.45, 2.75) is 25.9 Å². The lowest BCUT2D eigenvalue weighted by Gasteiger charge is -2.29. The van der Waals surface area contributed by atoms with E-state index in [9.17, 15) is 9.59 Å². The molecule has 3 amide bonds. The molecular formula is C24H32N4O3. The zero-order chi connectivity index (χ0) is 22.1. The van der Waals surface area contributed by atoms with Gasteiger partial charge in [0.1, 0.15) is 0 Å². The molecule has 2 N–H and O–H groups in total. The van der Waals surface area contributed by atoms with Crippen molar-refractivity contribution in [2.75, 3.05) is 44.8 Å². The fraction of sp³-hybridized carbons (Fsp3) is 0.417. The van der Waals surface area contributed by atoms with Gasteiger partial charge in [-0.1, -0.05) is 42.5 Å². The van der Waals surface area contributed by atoms with E-state index in [1.807, 2.05) is 37.3 Å². The number of hydrogen-bond acceptors (Lipinski definition) is 4. The van der Waals surface area contributed by atoms with Crippen molar-refractivity contribution >= 4 is 17.6 Å². The van der Waals surface area contributed by atoms with E-state index in [-0.39, 0.29) is 24.4 Å². The molecule has 1 aliphatic rings. The standard InChI is InChI=1S/C24H32N4O3/c1-19(21-8-10-22(11-9-21)28-14-16-31-17-15-28)26-23(29)12-13-25-24(30)27(2)18-20-6-4-3-5-7-20/h3-11,19H,12-18H2,1-2H3,(H,25,30)(H,26,29). The van der Waals surface area contributed by atoms with Crippen LogP contribution in [0.5, 0.6) is 0 Å². The fourth-order valence-corrected chi connectivity index (χ4v) is 3.54. The first kappa shape index (κ1) is 22.6. The molecule has 1 atom stereocenters. The maximum Gasteiger partial charge on any atom is 0.317 e. The second-order valence-electron chi connectivity index (χ2n) is 7.80. The molecule has 0 saturated carbocycles. The van der Waals surface area contributed by atoms with Crippen molar-refractivity contribution < 1.29 is 14.3 Å². The van der Waals surface area contributed by atoms with E-state index in [0.29, 0.717) is 13.1 Å². The third-order valence-corrected chi connectivity index (χ3v) is 5.38. The number of nitrogens with zero attached hydrogens (tertiary/aromatic N) is 2. The first-order valence-electron chi connectivity index (χ1n) is 10.8. The summed E-state index contributed by atoms with van der Waals surface area (Å²) in [6, 6.07) is 17.8. The van der Waals surface area contributed by atoms with Gasteiger partial charge in [0.05, 0.1) is 19.3 Å². The summed E-state index contributed by atoms with van der Waals surface area (Å²) in [6.45, 7) is 6.10. The van der Waals surface area contributed by atoms with Crippen LogP contribution in [-0.2, 0) is 16.1 Å². The highest BCUT2D eigenvalue weighted by Gasteiger charge is 2.14. The van der Waals surface area contributed by atoms with Gasteiger partial charge in [0.2, 0.25) is 5.91 Å². The molecule has 31 heavy (non-hydrogen) atoms. The van der Waals surface area contributed by atoms with Gasteiger partial charge in [-0.2, -0.15) is 0 Å². The Labute approximate surface area is 184 Å². The monoisotopic (exact) mass is 424 g/mol. The van der Waals surface area contributed by atoms with Crippen LogP contribution in [0.25, 0.3) is 0 Å². The van der Waals surface area contributed by atoms with Crippen molar-refractivity contribution in [2.24, 2.45) is 0 Å². The number of urea groups is 1. The molecule has 166 valence electrons. The Morgan fingerprint density at radius 3 is 2.42 bits per heavy atom. The Morgan fingerprint density at radius 2 is 1.74 bits per heavy atom. The highest BCUT2D eigenvalue weighted by Crippen LogP contribution is 2.20. The van der Waals surface area contributed by atoms with Gasteiger partial charge in [0.15, 0.2) is 0 Å². The van der Waals surface area contributed by atoms with Gasteiger partial charge in [-0.05, 0) is 30.2 Å².